The zero-order valence-electron chi connectivity index (χ0n) is 11.7. The summed E-state index contributed by atoms with van der Waals surface area (Å²) >= 11 is 16.6. The maximum Gasteiger partial charge on any atom is 0.276 e. The second kappa shape index (κ2) is 6.51. The molecule has 1 fully saturated rings. The predicted molar refractivity (Wildman–Crippen MR) is 90.4 cm³/mol. The SMILES string of the molecule is CC1CCN(c2ccc(NC(=O)C(Cl)(Cl)Cl)cc2N)CC1. The molecule has 1 saturated heterocycles. The first kappa shape index (κ1) is 16.5. The number of halogens is 3. The lowest BCUT2D eigenvalue weighted by molar-refractivity contribution is -0.115. The standard InChI is InChI=1S/C14H18Cl3N3O/c1-9-4-6-20(7-5-9)12-3-2-10(8-11(12)18)19-13(21)14(15,16)17/h2-3,8-9H,4-7,18H2,1H3,(H,19,21). The van der Waals surface area contributed by atoms with Crippen molar-refractivity contribution in [2.24, 2.45) is 5.92 Å². The maximum absolute atomic E-state index is 11.6. The van der Waals surface area contributed by atoms with Crippen molar-refractivity contribution in [1.82, 2.24) is 0 Å². The van der Waals surface area contributed by atoms with E-state index in [0.717, 1.165) is 37.5 Å². The summed E-state index contributed by atoms with van der Waals surface area (Å²) in [6, 6.07) is 5.33. The summed E-state index contributed by atoms with van der Waals surface area (Å²) in [6.07, 6.45) is 2.32. The Kier molecular flexibility index (Phi) is 5.12. The minimum atomic E-state index is -1.99. The Hall–Kier alpha value is -0.840. The topological polar surface area (TPSA) is 58.4 Å². The van der Waals surface area contributed by atoms with Crippen LogP contribution in [0.15, 0.2) is 18.2 Å². The number of piperidine rings is 1. The summed E-state index contributed by atoms with van der Waals surface area (Å²) in [5.74, 6) is 0.0526. The van der Waals surface area contributed by atoms with Gasteiger partial charge in [0, 0.05) is 18.8 Å². The van der Waals surface area contributed by atoms with Gasteiger partial charge >= 0.3 is 0 Å². The Morgan fingerprint density at radius 2 is 1.95 bits per heavy atom. The summed E-state index contributed by atoms with van der Waals surface area (Å²) in [5.41, 5.74) is 8.18. The summed E-state index contributed by atoms with van der Waals surface area (Å²) < 4.78 is -1.99. The number of nitrogens with one attached hydrogen (secondary N) is 1. The first-order valence-electron chi connectivity index (χ1n) is 6.80. The quantitative estimate of drug-likeness (QED) is 0.630. The van der Waals surface area contributed by atoms with Crippen molar-refractivity contribution in [2.45, 2.75) is 23.6 Å². The van der Waals surface area contributed by atoms with Crippen molar-refractivity contribution in [1.29, 1.82) is 0 Å². The average Bonchev–Trinajstić information content (AvgIpc) is 2.39. The van der Waals surface area contributed by atoms with Crippen molar-refractivity contribution in [3.8, 4) is 0 Å². The van der Waals surface area contributed by atoms with E-state index in [0.29, 0.717) is 11.4 Å². The molecule has 1 heterocycles. The highest BCUT2D eigenvalue weighted by Gasteiger charge is 2.30. The zero-order valence-corrected chi connectivity index (χ0v) is 14.0. The van der Waals surface area contributed by atoms with Crippen LogP contribution in [0.25, 0.3) is 0 Å². The van der Waals surface area contributed by atoms with E-state index in [-0.39, 0.29) is 0 Å². The van der Waals surface area contributed by atoms with E-state index in [9.17, 15) is 4.79 Å². The Morgan fingerprint density at radius 3 is 2.48 bits per heavy atom. The van der Waals surface area contributed by atoms with E-state index in [2.05, 4.69) is 17.1 Å². The van der Waals surface area contributed by atoms with Crippen molar-refractivity contribution < 1.29 is 4.79 Å². The molecule has 0 spiro atoms. The van der Waals surface area contributed by atoms with Gasteiger partial charge in [-0.1, -0.05) is 41.7 Å². The lowest BCUT2D eigenvalue weighted by Crippen LogP contribution is -2.33. The van der Waals surface area contributed by atoms with E-state index in [1.54, 1.807) is 12.1 Å². The van der Waals surface area contributed by atoms with E-state index < -0.39 is 9.70 Å². The Balaban J connectivity index is 2.09. The van der Waals surface area contributed by atoms with Gasteiger partial charge in [0.2, 0.25) is 0 Å². The third-order valence-corrected chi connectivity index (χ3v) is 4.18. The van der Waals surface area contributed by atoms with Gasteiger partial charge in [0.25, 0.3) is 9.70 Å². The van der Waals surface area contributed by atoms with Crippen LogP contribution in [0, 0.1) is 5.92 Å². The number of nitrogens with two attached hydrogens (primary N) is 1. The maximum atomic E-state index is 11.6. The number of hydrogen-bond donors (Lipinski definition) is 2. The lowest BCUT2D eigenvalue weighted by atomic mass is 9.98. The van der Waals surface area contributed by atoms with Crippen LogP contribution in [0.4, 0.5) is 17.1 Å². The van der Waals surface area contributed by atoms with Crippen molar-refractivity contribution in [3.05, 3.63) is 18.2 Å². The molecule has 0 aromatic heterocycles. The summed E-state index contributed by atoms with van der Waals surface area (Å²) in [4.78, 5) is 13.9. The molecule has 4 nitrogen and oxygen atoms in total. The highest BCUT2D eigenvalue weighted by molar-refractivity contribution is 6.76. The molecule has 2 rings (SSSR count). The first-order chi connectivity index (χ1) is 9.77. The molecular weight excluding hydrogens is 333 g/mol. The fourth-order valence-electron chi connectivity index (χ4n) is 2.37. The van der Waals surface area contributed by atoms with Crippen LogP contribution in [0.2, 0.25) is 0 Å². The fraction of sp³-hybridized carbons (Fsp3) is 0.500. The number of anilines is 3. The van der Waals surface area contributed by atoms with Crippen LogP contribution in [-0.4, -0.2) is 22.8 Å². The number of hydrogen-bond acceptors (Lipinski definition) is 3. The van der Waals surface area contributed by atoms with E-state index >= 15 is 0 Å². The molecule has 1 aromatic carbocycles. The van der Waals surface area contributed by atoms with E-state index in [1.165, 1.54) is 0 Å². The van der Waals surface area contributed by atoms with Crippen molar-refractivity contribution >= 4 is 57.8 Å². The van der Waals surface area contributed by atoms with Gasteiger partial charge in [-0.05, 0) is 37.0 Å². The Morgan fingerprint density at radius 1 is 1.33 bits per heavy atom. The van der Waals surface area contributed by atoms with Crippen LogP contribution in [0.1, 0.15) is 19.8 Å². The molecule has 0 radical (unpaired) electrons. The molecule has 1 aliphatic heterocycles. The molecule has 1 aromatic rings. The Labute approximate surface area is 139 Å². The molecule has 3 N–H and O–H groups in total. The smallest absolute Gasteiger partial charge is 0.276 e. The first-order valence-corrected chi connectivity index (χ1v) is 7.93. The lowest BCUT2D eigenvalue weighted by Gasteiger charge is -2.33. The molecule has 21 heavy (non-hydrogen) atoms. The number of carbonyl (C=O) groups excluding carboxylic acids is 1. The molecule has 116 valence electrons. The van der Waals surface area contributed by atoms with Crippen LogP contribution in [0.5, 0.6) is 0 Å². The van der Waals surface area contributed by atoms with Gasteiger partial charge in [-0.3, -0.25) is 4.79 Å². The summed E-state index contributed by atoms with van der Waals surface area (Å²) in [5, 5.41) is 2.53. The number of benzene rings is 1. The van der Waals surface area contributed by atoms with E-state index in [4.69, 9.17) is 40.5 Å². The van der Waals surface area contributed by atoms with Crippen LogP contribution >= 0.6 is 34.8 Å². The molecule has 1 amide bonds. The number of alkyl halides is 3. The molecule has 7 heteroatoms. The highest BCUT2D eigenvalue weighted by Crippen LogP contribution is 2.32. The largest absolute Gasteiger partial charge is 0.397 e. The Bertz CT molecular complexity index is 523. The molecule has 0 unspecified atom stereocenters. The highest BCUT2D eigenvalue weighted by atomic mass is 35.6. The number of rotatable bonds is 2. The molecule has 0 bridgehead atoms. The van der Waals surface area contributed by atoms with Gasteiger partial charge in [0.1, 0.15) is 0 Å². The van der Waals surface area contributed by atoms with Gasteiger partial charge in [0.05, 0.1) is 11.4 Å². The second-order valence-electron chi connectivity index (χ2n) is 5.40. The summed E-state index contributed by atoms with van der Waals surface area (Å²) in [7, 11) is 0. The molecule has 1 aliphatic rings. The third kappa shape index (κ3) is 4.31. The minimum Gasteiger partial charge on any atom is -0.397 e. The average molecular weight is 351 g/mol. The zero-order chi connectivity index (χ0) is 15.6. The van der Waals surface area contributed by atoms with Crippen LogP contribution < -0.4 is 16.0 Å². The van der Waals surface area contributed by atoms with E-state index in [1.807, 2.05) is 6.07 Å². The predicted octanol–water partition coefficient (Wildman–Crippen LogP) is 3.81. The third-order valence-electron chi connectivity index (χ3n) is 3.67. The number of carbonyl (C=O) groups is 1. The van der Waals surface area contributed by atoms with Crippen molar-refractivity contribution in [2.75, 3.05) is 29.0 Å². The molecule has 0 atom stereocenters. The van der Waals surface area contributed by atoms with Crippen molar-refractivity contribution in [3.63, 3.8) is 0 Å². The molecule has 0 aliphatic carbocycles. The van der Waals surface area contributed by atoms with Gasteiger partial charge in [-0.2, -0.15) is 0 Å². The molecule has 0 saturated carbocycles. The van der Waals surface area contributed by atoms with Crippen LogP contribution in [0.3, 0.4) is 0 Å². The second-order valence-corrected chi connectivity index (χ2v) is 7.68. The number of nitrogen functional groups attached to an aromatic ring is 1. The van der Waals surface area contributed by atoms with Gasteiger partial charge < -0.3 is 16.0 Å². The van der Waals surface area contributed by atoms with Gasteiger partial charge in [-0.25, -0.2) is 0 Å². The van der Waals surface area contributed by atoms with Gasteiger partial charge in [-0.15, -0.1) is 0 Å². The monoisotopic (exact) mass is 349 g/mol. The fourth-order valence-corrected chi connectivity index (χ4v) is 2.51. The number of amides is 1. The summed E-state index contributed by atoms with van der Waals surface area (Å²) in [6.45, 7) is 4.24. The van der Waals surface area contributed by atoms with Gasteiger partial charge in [0.15, 0.2) is 0 Å². The molecular formula is C14H18Cl3N3O. The number of nitrogens with zero attached hydrogens (tertiary/aromatic N) is 1. The van der Waals surface area contributed by atoms with Crippen LogP contribution in [-0.2, 0) is 4.79 Å². The normalized spacial score (nSPS) is 16.9. The minimum absolute atomic E-state index is 0.512.